The second-order valence-electron chi connectivity index (χ2n) is 7.06. The molecule has 0 unspecified atom stereocenters. The van der Waals surface area contributed by atoms with Gasteiger partial charge in [-0.05, 0) is 24.7 Å². The predicted molar refractivity (Wildman–Crippen MR) is 81.2 cm³/mol. The van der Waals surface area contributed by atoms with Crippen LogP contribution in [0.25, 0.3) is 0 Å². The lowest BCUT2D eigenvalue weighted by Crippen LogP contribution is -2.29. The Bertz CT molecular complexity index is 489. The van der Waals surface area contributed by atoms with Crippen molar-refractivity contribution in [2.45, 2.75) is 58.3 Å². The number of carbonyl (C=O) groups is 1. The van der Waals surface area contributed by atoms with Crippen molar-refractivity contribution >= 4 is 5.91 Å². The third kappa shape index (κ3) is 3.30. The van der Waals surface area contributed by atoms with Crippen LogP contribution >= 0.6 is 0 Å². The fourth-order valence-corrected chi connectivity index (χ4v) is 3.75. The highest BCUT2D eigenvalue weighted by molar-refractivity contribution is 5.92. The monoisotopic (exact) mass is 290 g/mol. The summed E-state index contributed by atoms with van der Waals surface area (Å²) in [6, 6.07) is 1.80. The van der Waals surface area contributed by atoms with Crippen LogP contribution in [0.15, 0.2) is 10.6 Å². The van der Waals surface area contributed by atoms with Gasteiger partial charge in [-0.1, -0.05) is 44.7 Å². The lowest BCUT2D eigenvalue weighted by Gasteiger charge is -2.17. The van der Waals surface area contributed by atoms with Crippen LogP contribution in [0.2, 0.25) is 0 Å². The molecule has 116 valence electrons. The standard InChI is InChI=1S/C17H26N2O2/c1-12(2)16-10-15(18-21-16)17(20)19-8-7-14(11-19)9-13-5-3-4-6-13/h10,12-14H,3-9,11H2,1-2H3/t14-/m0/s1. The zero-order valence-electron chi connectivity index (χ0n) is 13.2. The molecule has 1 aromatic heterocycles. The topological polar surface area (TPSA) is 46.3 Å². The van der Waals surface area contributed by atoms with Crippen molar-refractivity contribution in [3.8, 4) is 0 Å². The zero-order chi connectivity index (χ0) is 14.8. The van der Waals surface area contributed by atoms with E-state index in [0.29, 0.717) is 11.6 Å². The molecule has 4 nitrogen and oxygen atoms in total. The first kappa shape index (κ1) is 14.6. The Morgan fingerprint density at radius 1 is 1.33 bits per heavy atom. The summed E-state index contributed by atoms with van der Waals surface area (Å²) in [5.74, 6) is 2.70. The molecule has 1 saturated heterocycles. The molecule has 2 aliphatic rings. The summed E-state index contributed by atoms with van der Waals surface area (Å²) in [7, 11) is 0. The molecule has 1 atom stereocenters. The molecule has 4 heteroatoms. The van der Waals surface area contributed by atoms with E-state index in [1.54, 1.807) is 6.07 Å². The minimum absolute atomic E-state index is 0.0413. The van der Waals surface area contributed by atoms with Crippen LogP contribution in [0.3, 0.4) is 0 Å². The molecule has 0 N–H and O–H groups in total. The third-order valence-corrected chi connectivity index (χ3v) is 5.03. The van der Waals surface area contributed by atoms with Crippen LogP contribution in [0, 0.1) is 11.8 Å². The second kappa shape index (κ2) is 6.20. The number of hydrogen-bond acceptors (Lipinski definition) is 3. The van der Waals surface area contributed by atoms with E-state index in [1.807, 2.05) is 18.7 Å². The number of nitrogens with zero attached hydrogens (tertiary/aromatic N) is 2. The molecule has 2 fully saturated rings. The number of aromatic nitrogens is 1. The quantitative estimate of drug-likeness (QED) is 0.846. The Labute approximate surface area is 126 Å². The summed E-state index contributed by atoms with van der Waals surface area (Å²) in [5.41, 5.74) is 0.472. The minimum atomic E-state index is 0.0413. The van der Waals surface area contributed by atoms with Crippen molar-refractivity contribution in [1.82, 2.24) is 10.1 Å². The molecule has 0 spiro atoms. The molecule has 1 aliphatic heterocycles. The first-order valence-electron chi connectivity index (χ1n) is 8.39. The van der Waals surface area contributed by atoms with Crippen LogP contribution in [0.1, 0.15) is 74.5 Å². The van der Waals surface area contributed by atoms with E-state index in [4.69, 9.17) is 4.52 Å². The van der Waals surface area contributed by atoms with Gasteiger partial charge in [-0.2, -0.15) is 0 Å². The Balaban J connectivity index is 1.55. The Morgan fingerprint density at radius 2 is 2.10 bits per heavy atom. The SMILES string of the molecule is CC(C)c1cc(C(=O)N2CC[C@@H](CC3CCCC3)C2)no1. The highest BCUT2D eigenvalue weighted by Gasteiger charge is 2.30. The maximum absolute atomic E-state index is 12.5. The molecular formula is C17H26N2O2. The van der Waals surface area contributed by atoms with Gasteiger partial charge in [0.25, 0.3) is 5.91 Å². The summed E-state index contributed by atoms with van der Waals surface area (Å²) in [6.45, 7) is 5.86. The van der Waals surface area contributed by atoms with Crippen molar-refractivity contribution in [1.29, 1.82) is 0 Å². The summed E-state index contributed by atoms with van der Waals surface area (Å²) in [4.78, 5) is 14.4. The van der Waals surface area contributed by atoms with Gasteiger partial charge in [0.2, 0.25) is 0 Å². The smallest absolute Gasteiger partial charge is 0.276 e. The molecule has 1 aliphatic carbocycles. The van der Waals surface area contributed by atoms with Crippen molar-refractivity contribution in [3.05, 3.63) is 17.5 Å². The Morgan fingerprint density at radius 3 is 2.76 bits per heavy atom. The molecule has 3 rings (SSSR count). The second-order valence-corrected chi connectivity index (χ2v) is 7.06. The summed E-state index contributed by atoms with van der Waals surface area (Å²) < 4.78 is 5.24. The van der Waals surface area contributed by atoms with Gasteiger partial charge in [-0.3, -0.25) is 4.79 Å². The van der Waals surface area contributed by atoms with E-state index in [2.05, 4.69) is 5.16 Å². The van der Waals surface area contributed by atoms with Crippen LogP contribution < -0.4 is 0 Å². The summed E-state index contributed by atoms with van der Waals surface area (Å²) >= 11 is 0. The largest absolute Gasteiger partial charge is 0.360 e. The fraction of sp³-hybridized carbons (Fsp3) is 0.765. The van der Waals surface area contributed by atoms with Crippen LogP contribution in [0.4, 0.5) is 0 Å². The molecule has 2 heterocycles. The average Bonchev–Trinajstić information content (AvgIpc) is 3.20. The molecule has 0 aromatic carbocycles. The number of rotatable bonds is 4. The van der Waals surface area contributed by atoms with Crippen LogP contribution in [-0.4, -0.2) is 29.1 Å². The van der Waals surface area contributed by atoms with E-state index < -0.39 is 0 Å². The van der Waals surface area contributed by atoms with E-state index in [-0.39, 0.29) is 11.8 Å². The van der Waals surface area contributed by atoms with Crippen LogP contribution in [0.5, 0.6) is 0 Å². The normalized spacial score (nSPS) is 23.4. The Hall–Kier alpha value is -1.32. The number of carbonyl (C=O) groups excluding carboxylic acids is 1. The van der Waals surface area contributed by atoms with Gasteiger partial charge in [0.15, 0.2) is 5.69 Å². The molecule has 0 radical (unpaired) electrons. The summed E-state index contributed by atoms with van der Waals surface area (Å²) in [5, 5.41) is 3.94. The van der Waals surface area contributed by atoms with Crippen molar-refractivity contribution in [2.24, 2.45) is 11.8 Å². The van der Waals surface area contributed by atoms with Gasteiger partial charge in [0.1, 0.15) is 5.76 Å². The van der Waals surface area contributed by atoms with Gasteiger partial charge in [-0.25, -0.2) is 0 Å². The first-order chi connectivity index (χ1) is 10.1. The number of likely N-dealkylation sites (tertiary alicyclic amines) is 1. The predicted octanol–water partition coefficient (Wildman–Crippen LogP) is 3.84. The molecule has 1 amide bonds. The van der Waals surface area contributed by atoms with Gasteiger partial charge >= 0.3 is 0 Å². The average molecular weight is 290 g/mol. The van der Waals surface area contributed by atoms with Crippen molar-refractivity contribution in [2.75, 3.05) is 13.1 Å². The number of hydrogen-bond donors (Lipinski definition) is 0. The molecule has 1 aromatic rings. The van der Waals surface area contributed by atoms with Gasteiger partial charge in [0.05, 0.1) is 0 Å². The maximum Gasteiger partial charge on any atom is 0.276 e. The van der Waals surface area contributed by atoms with E-state index in [1.165, 1.54) is 32.1 Å². The lowest BCUT2D eigenvalue weighted by atomic mass is 9.93. The van der Waals surface area contributed by atoms with E-state index in [9.17, 15) is 4.79 Å². The molecule has 0 bridgehead atoms. The van der Waals surface area contributed by atoms with E-state index in [0.717, 1.165) is 31.2 Å². The fourth-order valence-electron chi connectivity index (χ4n) is 3.75. The summed E-state index contributed by atoms with van der Waals surface area (Å²) in [6.07, 6.45) is 8.04. The van der Waals surface area contributed by atoms with Gasteiger partial charge < -0.3 is 9.42 Å². The van der Waals surface area contributed by atoms with Crippen molar-refractivity contribution < 1.29 is 9.32 Å². The first-order valence-corrected chi connectivity index (χ1v) is 8.39. The molecule has 21 heavy (non-hydrogen) atoms. The number of amides is 1. The van der Waals surface area contributed by atoms with E-state index >= 15 is 0 Å². The highest BCUT2D eigenvalue weighted by Crippen LogP contribution is 2.33. The molecule has 1 saturated carbocycles. The van der Waals surface area contributed by atoms with Gasteiger partial charge in [0, 0.05) is 25.1 Å². The van der Waals surface area contributed by atoms with Crippen LogP contribution in [-0.2, 0) is 0 Å². The van der Waals surface area contributed by atoms with Gasteiger partial charge in [-0.15, -0.1) is 0 Å². The molecular weight excluding hydrogens is 264 g/mol. The zero-order valence-corrected chi connectivity index (χ0v) is 13.2. The lowest BCUT2D eigenvalue weighted by molar-refractivity contribution is 0.0775. The highest BCUT2D eigenvalue weighted by atomic mass is 16.5. The maximum atomic E-state index is 12.5. The minimum Gasteiger partial charge on any atom is -0.360 e. The van der Waals surface area contributed by atoms with Crippen molar-refractivity contribution in [3.63, 3.8) is 0 Å². The third-order valence-electron chi connectivity index (χ3n) is 5.03. The Kier molecular flexibility index (Phi) is 4.32.